The largest absolute Gasteiger partial charge is 0.343 e. The van der Waals surface area contributed by atoms with Crippen molar-refractivity contribution in [1.29, 1.82) is 0 Å². The molecule has 0 aromatic heterocycles. The Morgan fingerprint density at radius 1 is 0.850 bits per heavy atom. The van der Waals surface area contributed by atoms with Crippen LogP contribution in [0.5, 0.6) is 0 Å². The van der Waals surface area contributed by atoms with Crippen LogP contribution in [0, 0.1) is 5.92 Å². The molecule has 0 aromatic carbocycles. The van der Waals surface area contributed by atoms with Gasteiger partial charge in [0, 0.05) is 39.0 Å². The fourth-order valence-electron chi connectivity index (χ4n) is 2.67. The minimum Gasteiger partial charge on any atom is -0.343 e. The zero-order valence-electron chi connectivity index (χ0n) is 13.4. The molecule has 0 unspecified atom stereocenters. The molecule has 116 valence electrons. The van der Waals surface area contributed by atoms with E-state index in [0.717, 1.165) is 32.1 Å². The van der Waals surface area contributed by atoms with E-state index in [1.54, 1.807) is 0 Å². The lowest BCUT2D eigenvalue weighted by Gasteiger charge is -2.29. The molecule has 0 atom stereocenters. The van der Waals surface area contributed by atoms with Crippen molar-refractivity contribution < 1.29 is 9.59 Å². The van der Waals surface area contributed by atoms with Gasteiger partial charge in [0.2, 0.25) is 11.8 Å². The van der Waals surface area contributed by atoms with Crippen LogP contribution >= 0.6 is 0 Å². The number of carbonyl (C=O) groups excluding carboxylic acids is 2. The number of hydrogen-bond acceptors (Lipinski definition) is 2. The van der Waals surface area contributed by atoms with E-state index in [0.29, 0.717) is 24.7 Å². The van der Waals surface area contributed by atoms with E-state index in [9.17, 15) is 9.59 Å². The monoisotopic (exact) mass is 282 g/mol. The van der Waals surface area contributed by atoms with E-state index in [4.69, 9.17) is 0 Å². The van der Waals surface area contributed by atoms with Gasteiger partial charge in [-0.05, 0) is 31.6 Å². The smallest absolute Gasteiger partial charge is 0.222 e. The van der Waals surface area contributed by atoms with Gasteiger partial charge < -0.3 is 9.80 Å². The van der Waals surface area contributed by atoms with Crippen LogP contribution in [0.2, 0.25) is 0 Å². The number of carbonyl (C=O) groups is 2. The van der Waals surface area contributed by atoms with Crippen molar-refractivity contribution in [2.45, 2.75) is 59.3 Å². The van der Waals surface area contributed by atoms with Gasteiger partial charge in [-0.1, -0.05) is 20.8 Å². The maximum atomic E-state index is 11.2. The predicted molar refractivity (Wildman–Crippen MR) is 81.4 cm³/mol. The van der Waals surface area contributed by atoms with Crippen LogP contribution in [-0.4, -0.2) is 47.8 Å². The topological polar surface area (TPSA) is 40.6 Å². The molecule has 2 rings (SSSR count). The lowest BCUT2D eigenvalue weighted by molar-refractivity contribution is -0.132. The molecule has 2 aliphatic heterocycles. The predicted octanol–water partition coefficient (Wildman–Crippen LogP) is 2.67. The average molecular weight is 282 g/mol. The second-order valence-corrected chi connectivity index (χ2v) is 5.86. The van der Waals surface area contributed by atoms with E-state index in [-0.39, 0.29) is 0 Å². The van der Waals surface area contributed by atoms with Crippen molar-refractivity contribution in [2.75, 3.05) is 26.2 Å². The summed E-state index contributed by atoms with van der Waals surface area (Å²) in [7, 11) is 0. The van der Waals surface area contributed by atoms with Crippen LogP contribution < -0.4 is 0 Å². The molecule has 0 aromatic rings. The molecule has 2 aliphatic rings. The van der Waals surface area contributed by atoms with Crippen LogP contribution in [0.3, 0.4) is 0 Å². The fourth-order valence-corrected chi connectivity index (χ4v) is 2.67. The minimum atomic E-state index is 0.313. The van der Waals surface area contributed by atoms with Gasteiger partial charge in [0.1, 0.15) is 0 Å². The molecular formula is C16H30N2O2. The molecule has 4 heteroatoms. The summed E-state index contributed by atoms with van der Waals surface area (Å²) >= 11 is 0. The van der Waals surface area contributed by atoms with Crippen LogP contribution in [0.25, 0.3) is 0 Å². The molecule has 0 N–H and O–H groups in total. The van der Waals surface area contributed by atoms with Crippen molar-refractivity contribution in [3.05, 3.63) is 0 Å². The zero-order valence-corrected chi connectivity index (χ0v) is 13.4. The van der Waals surface area contributed by atoms with Gasteiger partial charge in [-0.25, -0.2) is 0 Å². The van der Waals surface area contributed by atoms with Crippen molar-refractivity contribution in [2.24, 2.45) is 5.92 Å². The second-order valence-electron chi connectivity index (χ2n) is 5.86. The first-order valence-electron chi connectivity index (χ1n) is 8.14. The number of rotatable bonds is 2. The summed E-state index contributed by atoms with van der Waals surface area (Å²) in [5.74, 6) is 1.44. The molecule has 2 fully saturated rings. The first kappa shape index (κ1) is 17.0. The molecule has 20 heavy (non-hydrogen) atoms. The van der Waals surface area contributed by atoms with Crippen molar-refractivity contribution >= 4 is 11.8 Å². The highest BCUT2D eigenvalue weighted by Gasteiger charge is 2.18. The highest BCUT2D eigenvalue weighted by atomic mass is 16.2. The first-order valence-corrected chi connectivity index (χ1v) is 8.14. The number of piperidine rings is 1. The molecule has 4 nitrogen and oxygen atoms in total. The van der Waals surface area contributed by atoms with Crippen molar-refractivity contribution in [3.8, 4) is 0 Å². The lowest BCUT2D eigenvalue weighted by Crippen LogP contribution is -2.37. The van der Waals surface area contributed by atoms with E-state index in [1.807, 2.05) is 23.6 Å². The molecule has 0 saturated carbocycles. The maximum Gasteiger partial charge on any atom is 0.222 e. The Morgan fingerprint density at radius 3 is 1.65 bits per heavy atom. The summed E-state index contributed by atoms with van der Waals surface area (Å²) in [5.41, 5.74) is 0. The van der Waals surface area contributed by atoms with E-state index in [2.05, 4.69) is 6.92 Å². The Kier molecular flexibility index (Phi) is 7.63. The molecule has 0 aliphatic carbocycles. The Bertz CT molecular complexity index is 304. The third-order valence-electron chi connectivity index (χ3n) is 4.20. The van der Waals surface area contributed by atoms with Gasteiger partial charge in [0.15, 0.2) is 0 Å². The van der Waals surface area contributed by atoms with Gasteiger partial charge >= 0.3 is 0 Å². The summed E-state index contributed by atoms with van der Waals surface area (Å²) in [5, 5.41) is 0. The molecule has 0 bridgehead atoms. The zero-order chi connectivity index (χ0) is 15.0. The summed E-state index contributed by atoms with van der Waals surface area (Å²) in [6.45, 7) is 10.1. The van der Waals surface area contributed by atoms with E-state index in [1.165, 1.54) is 25.7 Å². The van der Waals surface area contributed by atoms with Gasteiger partial charge in [0.25, 0.3) is 0 Å². The summed E-state index contributed by atoms with van der Waals surface area (Å²) in [4.78, 5) is 26.1. The van der Waals surface area contributed by atoms with Crippen LogP contribution in [0.15, 0.2) is 0 Å². The highest BCUT2D eigenvalue weighted by molar-refractivity contribution is 5.76. The second kappa shape index (κ2) is 8.98. The van der Waals surface area contributed by atoms with E-state index < -0.39 is 0 Å². The van der Waals surface area contributed by atoms with Gasteiger partial charge in [-0.3, -0.25) is 9.59 Å². The number of nitrogens with zero attached hydrogens (tertiary/aromatic N) is 2. The van der Waals surface area contributed by atoms with E-state index >= 15 is 0 Å². The Balaban J connectivity index is 0.000000204. The van der Waals surface area contributed by atoms with Gasteiger partial charge in [-0.2, -0.15) is 0 Å². The summed E-state index contributed by atoms with van der Waals surface area (Å²) in [6, 6.07) is 0. The summed E-state index contributed by atoms with van der Waals surface area (Å²) in [6.07, 6.45) is 6.10. The first-order chi connectivity index (χ1) is 9.58. The number of amides is 2. The quantitative estimate of drug-likeness (QED) is 0.781. The van der Waals surface area contributed by atoms with Gasteiger partial charge in [-0.15, -0.1) is 0 Å². The summed E-state index contributed by atoms with van der Waals surface area (Å²) < 4.78 is 0. The Hall–Kier alpha value is -1.06. The molecular weight excluding hydrogens is 252 g/mol. The van der Waals surface area contributed by atoms with Crippen LogP contribution in [0.4, 0.5) is 0 Å². The van der Waals surface area contributed by atoms with Gasteiger partial charge in [0.05, 0.1) is 0 Å². The highest BCUT2D eigenvalue weighted by Crippen LogP contribution is 2.16. The normalized spacial score (nSPS) is 19.6. The lowest BCUT2D eigenvalue weighted by atomic mass is 9.99. The fraction of sp³-hybridized carbons (Fsp3) is 0.875. The maximum absolute atomic E-state index is 11.2. The SMILES string of the molecule is CCC(=O)N1CCC(C)CC1.CCC(=O)N1CCCC1. The molecule has 2 saturated heterocycles. The van der Waals surface area contributed by atoms with Crippen LogP contribution in [0.1, 0.15) is 59.3 Å². The number of hydrogen-bond donors (Lipinski definition) is 0. The standard InChI is InChI=1S/C9H17NO.C7H13NO/c1-3-9(11)10-6-4-8(2)5-7-10;1-2-7(9)8-5-3-4-6-8/h8H,3-7H2,1-2H3;2-6H2,1H3. The Labute approximate surface area is 123 Å². The third-order valence-corrected chi connectivity index (χ3v) is 4.20. The molecule has 2 heterocycles. The number of likely N-dealkylation sites (tertiary alicyclic amines) is 2. The van der Waals surface area contributed by atoms with Crippen LogP contribution in [-0.2, 0) is 9.59 Å². The average Bonchev–Trinajstić information content (AvgIpc) is 3.01. The Morgan fingerprint density at radius 2 is 1.25 bits per heavy atom. The van der Waals surface area contributed by atoms with Crippen molar-refractivity contribution in [1.82, 2.24) is 9.80 Å². The minimum absolute atomic E-state index is 0.313. The molecule has 2 amide bonds. The molecule has 0 spiro atoms. The third kappa shape index (κ3) is 5.51. The molecule has 0 radical (unpaired) electrons. The van der Waals surface area contributed by atoms with Crippen molar-refractivity contribution in [3.63, 3.8) is 0 Å².